The molecule has 0 aliphatic carbocycles. The molecule has 5 nitrogen and oxygen atoms in total. The lowest BCUT2D eigenvalue weighted by Gasteiger charge is -2.08. The summed E-state index contributed by atoms with van der Waals surface area (Å²) in [5.41, 5.74) is -0.459. The molecule has 0 saturated heterocycles. The lowest BCUT2D eigenvalue weighted by molar-refractivity contribution is -0.137. The first-order chi connectivity index (χ1) is 9.93. The minimum Gasteiger partial charge on any atom is -0.359 e. The molecule has 1 aromatic heterocycles. The fraction of sp³-hybridized carbons (Fsp3) is 0.462. The topological polar surface area (TPSA) is 71.1 Å². The van der Waals surface area contributed by atoms with E-state index in [-0.39, 0.29) is 12.5 Å². The highest BCUT2D eigenvalue weighted by atomic mass is 19.4. The van der Waals surface area contributed by atoms with Gasteiger partial charge in [-0.2, -0.15) is 13.2 Å². The molecule has 2 N–H and O–H groups in total. The Morgan fingerprint density at radius 1 is 1.29 bits per heavy atom. The van der Waals surface area contributed by atoms with Gasteiger partial charge in [0.1, 0.15) is 0 Å². The van der Waals surface area contributed by atoms with Crippen LogP contribution in [0, 0.1) is 0 Å². The molecule has 0 saturated carbocycles. The van der Waals surface area contributed by atoms with Gasteiger partial charge in [0, 0.05) is 19.2 Å². The second-order valence-corrected chi connectivity index (χ2v) is 4.34. The predicted molar refractivity (Wildman–Crippen MR) is 69.0 cm³/mol. The molecule has 0 radical (unpaired) electrons. The maximum Gasteiger partial charge on any atom is 0.417 e. The van der Waals surface area contributed by atoms with E-state index < -0.39 is 11.7 Å². The molecule has 8 heteroatoms. The van der Waals surface area contributed by atoms with E-state index >= 15 is 0 Å². The van der Waals surface area contributed by atoms with Crippen molar-refractivity contribution in [2.45, 2.75) is 32.0 Å². The molecule has 0 spiro atoms. The Bertz CT molecular complexity index is 461. The van der Waals surface area contributed by atoms with Crippen molar-refractivity contribution in [3.05, 3.63) is 29.6 Å². The Hall–Kier alpha value is -2.12. The third kappa shape index (κ3) is 6.73. The van der Waals surface area contributed by atoms with E-state index in [2.05, 4.69) is 15.6 Å². The number of amides is 2. The van der Waals surface area contributed by atoms with Crippen LogP contribution >= 0.6 is 0 Å². The van der Waals surface area contributed by atoms with Gasteiger partial charge in [0.2, 0.25) is 12.3 Å². The first-order valence-electron chi connectivity index (χ1n) is 6.39. The van der Waals surface area contributed by atoms with Crippen LogP contribution in [0.1, 0.15) is 30.5 Å². The average molecular weight is 303 g/mol. The number of hydrogen-bond donors (Lipinski definition) is 2. The summed E-state index contributed by atoms with van der Waals surface area (Å²) in [7, 11) is 0. The number of rotatable bonds is 8. The molecule has 0 fully saturated rings. The van der Waals surface area contributed by atoms with Crippen LogP contribution in [-0.4, -0.2) is 23.8 Å². The number of nitrogens with zero attached hydrogens (tertiary/aromatic N) is 1. The van der Waals surface area contributed by atoms with Crippen LogP contribution in [0.4, 0.5) is 13.2 Å². The van der Waals surface area contributed by atoms with E-state index in [1.807, 2.05) is 0 Å². The molecule has 1 heterocycles. The average Bonchev–Trinajstić information content (AvgIpc) is 2.44. The maximum atomic E-state index is 12.3. The van der Waals surface area contributed by atoms with Crippen molar-refractivity contribution in [2.24, 2.45) is 0 Å². The Kier molecular flexibility index (Phi) is 6.64. The smallest absolute Gasteiger partial charge is 0.359 e. The molecule has 0 atom stereocenters. The fourth-order valence-electron chi connectivity index (χ4n) is 1.55. The SMILES string of the molecule is O=CNCCCCC(=O)NCc1ccc(C(F)(F)F)cn1. The summed E-state index contributed by atoms with van der Waals surface area (Å²) < 4.78 is 37.0. The summed E-state index contributed by atoms with van der Waals surface area (Å²) in [6.07, 6.45) is -1.48. The number of unbranched alkanes of at least 4 members (excludes halogenated alkanes) is 1. The van der Waals surface area contributed by atoms with Gasteiger partial charge in [0.15, 0.2) is 0 Å². The third-order valence-electron chi connectivity index (χ3n) is 2.68. The molecule has 21 heavy (non-hydrogen) atoms. The zero-order valence-electron chi connectivity index (χ0n) is 11.2. The van der Waals surface area contributed by atoms with Crippen molar-refractivity contribution in [2.75, 3.05) is 6.54 Å². The van der Waals surface area contributed by atoms with Crippen LogP contribution in [0.3, 0.4) is 0 Å². The Morgan fingerprint density at radius 3 is 2.62 bits per heavy atom. The first-order valence-corrected chi connectivity index (χ1v) is 6.39. The number of hydrogen-bond acceptors (Lipinski definition) is 3. The van der Waals surface area contributed by atoms with E-state index in [9.17, 15) is 22.8 Å². The molecule has 0 bridgehead atoms. The van der Waals surface area contributed by atoms with E-state index in [1.54, 1.807) is 0 Å². The van der Waals surface area contributed by atoms with Crippen molar-refractivity contribution in [3.63, 3.8) is 0 Å². The number of nitrogens with one attached hydrogen (secondary N) is 2. The number of alkyl halides is 3. The standard InChI is InChI=1S/C13H16F3N3O2/c14-13(15,16)10-4-5-11(18-7-10)8-19-12(21)3-1-2-6-17-9-20/h4-5,7,9H,1-3,6,8H2,(H,17,20)(H,19,21). The van der Waals surface area contributed by atoms with Crippen LogP contribution in [0.25, 0.3) is 0 Å². The predicted octanol–water partition coefficient (Wildman–Crippen LogP) is 1.63. The van der Waals surface area contributed by atoms with E-state index in [0.29, 0.717) is 37.9 Å². The minimum absolute atomic E-state index is 0.0869. The van der Waals surface area contributed by atoms with Gasteiger partial charge >= 0.3 is 6.18 Å². The lowest BCUT2D eigenvalue weighted by Crippen LogP contribution is -2.23. The minimum atomic E-state index is -4.41. The van der Waals surface area contributed by atoms with Gasteiger partial charge in [-0.3, -0.25) is 14.6 Å². The number of carbonyl (C=O) groups excluding carboxylic acids is 2. The monoisotopic (exact) mass is 303 g/mol. The lowest BCUT2D eigenvalue weighted by atomic mass is 10.2. The molecule has 0 aliphatic heterocycles. The normalized spacial score (nSPS) is 11.0. The van der Waals surface area contributed by atoms with Crippen molar-refractivity contribution in [1.29, 1.82) is 0 Å². The van der Waals surface area contributed by atoms with Gasteiger partial charge in [-0.1, -0.05) is 0 Å². The highest BCUT2D eigenvalue weighted by molar-refractivity contribution is 5.75. The number of pyridine rings is 1. The molecule has 0 unspecified atom stereocenters. The number of halogens is 3. The molecule has 1 aromatic rings. The Labute approximate surface area is 119 Å². The van der Waals surface area contributed by atoms with Crippen molar-refractivity contribution >= 4 is 12.3 Å². The summed E-state index contributed by atoms with van der Waals surface area (Å²) in [4.78, 5) is 25.1. The van der Waals surface area contributed by atoms with Gasteiger partial charge in [-0.05, 0) is 25.0 Å². The van der Waals surface area contributed by atoms with Gasteiger partial charge in [0.25, 0.3) is 0 Å². The highest BCUT2D eigenvalue weighted by Gasteiger charge is 2.30. The molecular weight excluding hydrogens is 287 g/mol. The van der Waals surface area contributed by atoms with E-state index in [0.717, 1.165) is 12.3 Å². The van der Waals surface area contributed by atoms with E-state index in [1.165, 1.54) is 6.07 Å². The quantitative estimate of drug-likeness (QED) is 0.566. The van der Waals surface area contributed by atoms with E-state index in [4.69, 9.17) is 0 Å². The largest absolute Gasteiger partial charge is 0.417 e. The molecule has 2 amide bonds. The number of aromatic nitrogens is 1. The van der Waals surface area contributed by atoms with Crippen LogP contribution < -0.4 is 10.6 Å². The van der Waals surface area contributed by atoms with Gasteiger partial charge < -0.3 is 10.6 Å². The molecule has 1 rings (SSSR count). The van der Waals surface area contributed by atoms with Gasteiger partial charge in [-0.15, -0.1) is 0 Å². The molecule has 0 aliphatic rings. The molecule has 0 aromatic carbocycles. The summed E-state index contributed by atoms with van der Waals surface area (Å²) in [5.74, 6) is -0.206. The Morgan fingerprint density at radius 2 is 2.05 bits per heavy atom. The molecular formula is C13H16F3N3O2. The second-order valence-electron chi connectivity index (χ2n) is 4.34. The van der Waals surface area contributed by atoms with Gasteiger partial charge in [-0.25, -0.2) is 0 Å². The van der Waals surface area contributed by atoms with Crippen LogP contribution in [0.2, 0.25) is 0 Å². The first kappa shape index (κ1) is 16.9. The van der Waals surface area contributed by atoms with Crippen molar-refractivity contribution in [3.8, 4) is 0 Å². The van der Waals surface area contributed by atoms with Crippen LogP contribution in [-0.2, 0) is 22.3 Å². The molecule has 116 valence electrons. The summed E-state index contributed by atoms with van der Waals surface area (Å²) in [6, 6.07) is 2.16. The summed E-state index contributed by atoms with van der Waals surface area (Å²) in [5, 5.41) is 5.06. The second kappa shape index (κ2) is 8.23. The third-order valence-corrected chi connectivity index (χ3v) is 2.68. The highest BCUT2D eigenvalue weighted by Crippen LogP contribution is 2.28. The number of carbonyl (C=O) groups is 2. The Balaban J connectivity index is 2.28. The zero-order chi connectivity index (χ0) is 15.7. The summed E-state index contributed by atoms with van der Waals surface area (Å²) >= 11 is 0. The zero-order valence-corrected chi connectivity index (χ0v) is 11.2. The fourth-order valence-corrected chi connectivity index (χ4v) is 1.55. The van der Waals surface area contributed by atoms with Crippen molar-refractivity contribution in [1.82, 2.24) is 15.6 Å². The van der Waals surface area contributed by atoms with Gasteiger partial charge in [0.05, 0.1) is 17.8 Å². The van der Waals surface area contributed by atoms with Crippen LogP contribution in [0.5, 0.6) is 0 Å². The van der Waals surface area contributed by atoms with Crippen molar-refractivity contribution < 1.29 is 22.8 Å². The van der Waals surface area contributed by atoms with Crippen LogP contribution in [0.15, 0.2) is 18.3 Å². The maximum absolute atomic E-state index is 12.3. The summed E-state index contributed by atoms with van der Waals surface area (Å²) in [6.45, 7) is 0.598.